The van der Waals surface area contributed by atoms with E-state index in [9.17, 15) is 19.3 Å². The van der Waals surface area contributed by atoms with E-state index in [-0.39, 0.29) is 53.8 Å². The number of aliphatic hydroxyl groups is 1. The fourth-order valence-corrected chi connectivity index (χ4v) is 7.00. The third-order valence-electron chi connectivity index (χ3n) is 5.82. The van der Waals surface area contributed by atoms with Crippen LogP contribution in [0.25, 0.3) is 11.2 Å². The predicted octanol–water partition coefficient (Wildman–Crippen LogP) is 3.40. The van der Waals surface area contributed by atoms with Gasteiger partial charge < -0.3 is 15.6 Å². The van der Waals surface area contributed by atoms with Crippen LogP contribution in [0, 0.1) is 10.8 Å². The van der Waals surface area contributed by atoms with Gasteiger partial charge in [0.25, 0.3) is 0 Å². The Balaban J connectivity index is 1.69. The lowest BCUT2D eigenvalue weighted by Gasteiger charge is -2.25. The van der Waals surface area contributed by atoms with Crippen molar-refractivity contribution in [1.29, 1.82) is 0 Å². The zero-order chi connectivity index (χ0) is 29.7. The van der Waals surface area contributed by atoms with E-state index in [1.54, 1.807) is 4.57 Å². The van der Waals surface area contributed by atoms with Gasteiger partial charge in [0.05, 0.1) is 38.3 Å². The number of fused-ring (bicyclic) bond motifs is 1. The number of ether oxygens (including phenoxy) is 1. The summed E-state index contributed by atoms with van der Waals surface area (Å²) in [5.41, 5.74) is 5.75. The van der Waals surface area contributed by atoms with E-state index in [0.29, 0.717) is 11.2 Å². The van der Waals surface area contributed by atoms with Crippen LogP contribution >= 0.6 is 31.3 Å². The van der Waals surface area contributed by atoms with Crippen LogP contribution in [-0.2, 0) is 27.9 Å². The molecular formula is C24H39N6O7PS2. The largest absolute Gasteiger partial charge is 0.405 e. The Kier molecular flexibility index (Phi) is 11.2. The number of nitrogen functional groups attached to an aromatic ring is 1. The molecule has 1 aliphatic heterocycles. The summed E-state index contributed by atoms with van der Waals surface area (Å²) in [6.07, 6.45) is 1.80. The zero-order valence-corrected chi connectivity index (χ0v) is 26.2. The molecule has 0 aromatic carbocycles. The van der Waals surface area contributed by atoms with Crippen LogP contribution in [0.4, 0.5) is 5.82 Å². The van der Waals surface area contributed by atoms with E-state index < -0.39 is 37.0 Å². The van der Waals surface area contributed by atoms with Gasteiger partial charge in [-0.3, -0.25) is 23.2 Å². The van der Waals surface area contributed by atoms with Crippen molar-refractivity contribution in [2.75, 3.05) is 37.1 Å². The van der Waals surface area contributed by atoms with Crippen LogP contribution in [0.2, 0.25) is 0 Å². The molecule has 3 unspecified atom stereocenters. The Bertz CT molecular complexity index is 1190. The number of carbonyl (C=O) groups is 2. The van der Waals surface area contributed by atoms with E-state index >= 15 is 0 Å². The monoisotopic (exact) mass is 618 g/mol. The fraction of sp³-hybridized carbons (Fsp3) is 0.708. The molecule has 0 saturated carbocycles. The molecule has 224 valence electrons. The molecule has 3 atom stereocenters. The molecule has 13 nitrogen and oxygen atoms in total. The topological polar surface area (TPSA) is 181 Å². The first-order chi connectivity index (χ1) is 18.6. The second-order valence-electron chi connectivity index (χ2n) is 11.3. The minimum absolute atomic E-state index is 0.0127. The first-order valence-corrected chi connectivity index (χ1v) is 16.4. The highest BCUT2D eigenvalue weighted by Gasteiger charge is 2.41. The molecule has 40 heavy (non-hydrogen) atoms. The minimum Gasteiger partial charge on any atom is -0.394 e. The van der Waals surface area contributed by atoms with Gasteiger partial charge in [0.15, 0.2) is 21.7 Å². The number of thioether (sulfide) groups is 2. The van der Waals surface area contributed by atoms with Gasteiger partial charge in [0.1, 0.15) is 18.1 Å². The Morgan fingerprint density at radius 3 is 2.20 bits per heavy atom. The van der Waals surface area contributed by atoms with Crippen molar-refractivity contribution >= 4 is 58.5 Å². The smallest absolute Gasteiger partial charge is 0.394 e. The van der Waals surface area contributed by atoms with Gasteiger partial charge in [0.2, 0.25) is 0 Å². The van der Waals surface area contributed by atoms with Crippen molar-refractivity contribution < 1.29 is 33.0 Å². The number of carbonyl (C=O) groups excluding carboxylic acids is 2. The van der Waals surface area contributed by atoms with Crippen LogP contribution in [0.5, 0.6) is 0 Å². The third-order valence-corrected chi connectivity index (χ3v) is 10.0. The van der Waals surface area contributed by atoms with Crippen LogP contribution < -0.4 is 10.8 Å². The lowest BCUT2D eigenvalue weighted by molar-refractivity contribution is -0.118. The molecule has 0 aliphatic carbocycles. The highest BCUT2D eigenvalue weighted by molar-refractivity contribution is 8.14. The summed E-state index contributed by atoms with van der Waals surface area (Å²) in [5.74, 6) is 0.780. The quantitative estimate of drug-likeness (QED) is 0.232. The van der Waals surface area contributed by atoms with E-state index in [2.05, 4.69) is 20.0 Å². The summed E-state index contributed by atoms with van der Waals surface area (Å²) in [7, 11) is -3.94. The highest BCUT2D eigenvalue weighted by atomic mass is 32.2. The number of imidazole rings is 1. The summed E-state index contributed by atoms with van der Waals surface area (Å²) in [6.45, 7) is 10.5. The Morgan fingerprint density at radius 1 is 1.10 bits per heavy atom. The van der Waals surface area contributed by atoms with Gasteiger partial charge in [-0.1, -0.05) is 65.1 Å². The van der Waals surface area contributed by atoms with E-state index in [1.165, 1.54) is 12.7 Å². The van der Waals surface area contributed by atoms with Gasteiger partial charge in [0, 0.05) is 28.8 Å². The zero-order valence-electron chi connectivity index (χ0n) is 23.7. The minimum atomic E-state index is -3.94. The maximum Gasteiger partial charge on any atom is 0.405 e. The maximum absolute atomic E-state index is 13.8. The molecule has 0 radical (unpaired) electrons. The second kappa shape index (κ2) is 13.6. The van der Waals surface area contributed by atoms with Gasteiger partial charge in [-0.25, -0.2) is 24.6 Å². The summed E-state index contributed by atoms with van der Waals surface area (Å²) < 4.78 is 32.9. The number of aromatic nitrogens is 4. The van der Waals surface area contributed by atoms with E-state index in [0.717, 1.165) is 23.5 Å². The maximum atomic E-state index is 13.8. The molecule has 2 aromatic heterocycles. The Hall–Kier alpha value is -1.58. The first kappa shape index (κ1) is 32.9. The molecule has 3 rings (SSSR count). The summed E-state index contributed by atoms with van der Waals surface area (Å²) in [6, 6.07) is -0.620. The van der Waals surface area contributed by atoms with E-state index in [1.807, 2.05) is 41.5 Å². The first-order valence-electron chi connectivity index (χ1n) is 12.9. The van der Waals surface area contributed by atoms with Crippen LogP contribution in [-0.4, -0.2) is 78.3 Å². The van der Waals surface area contributed by atoms with Crippen LogP contribution in [0.1, 0.15) is 54.2 Å². The lowest BCUT2D eigenvalue weighted by Crippen LogP contribution is -2.37. The molecule has 2 aromatic rings. The molecule has 3 heterocycles. The van der Waals surface area contributed by atoms with Gasteiger partial charge in [-0.2, -0.15) is 0 Å². The molecule has 16 heteroatoms. The van der Waals surface area contributed by atoms with Crippen molar-refractivity contribution in [2.24, 2.45) is 10.8 Å². The number of anilines is 1. The summed E-state index contributed by atoms with van der Waals surface area (Å²) >= 11 is 2.19. The lowest BCUT2D eigenvalue weighted by atomic mass is 9.99. The Labute approximate surface area is 242 Å². The van der Waals surface area contributed by atoms with Crippen LogP contribution in [0.3, 0.4) is 0 Å². The SMILES string of the molecule is CC(C)(C)C(=O)SCCOP(=O)(NC1CC(n2cnc3c(N)ncnc32)OC1CO)OCCSC(=O)C(C)(C)C. The molecule has 1 aliphatic rings. The number of nitrogens with one attached hydrogen (secondary N) is 1. The number of hydrogen-bond donors (Lipinski definition) is 3. The molecule has 4 N–H and O–H groups in total. The number of nitrogens with zero attached hydrogens (tertiary/aromatic N) is 4. The molecular weight excluding hydrogens is 579 g/mol. The van der Waals surface area contributed by atoms with E-state index in [4.69, 9.17) is 19.5 Å². The van der Waals surface area contributed by atoms with Crippen molar-refractivity contribution in [1.82, 2.24) is 24.6 Å². The molecule has 1 saturated heterocycles. The molecule has 1 fully saturated rings. The average molecular weight is 619 g/mol. The van der Waals surface area contributed by atoms with Gasteiger partial charge >= 0.3 is 7.75 Å². The normalized spacial score (nSPS) is 20.3. The molecule has 0 spiro atoms. The predicted molar refractivity (Wildman–Crippen MR) is 156 cm³/mol. The fourth-order valence-electron chi connectivity index (χ4n) is 3.62. The van der Waals surface area contributed by atoms with Crippen molar-refractivity contribution in [3.8, 4) is 0 Å². The van der Waals surface area contributed by atoms with Crippen molar-refractivity contribution in [3.05, 3.63) is 12.7 Å². The number of nitrogens with two attached hydrogens (primary N) is 1. The van der Waals surface area contributed by atoms with Crippen LogP contribution in [0.15, 0.2) is 12.7 Å². The van der Waals surface area contributed by atoms with Crippen molar-refractivity contribution in [2.45, 2.75) is 66.3 Å². The molecule has 0 bridgehead atoms. The number of aliphatic hydroxyl groups excluding tert-OH is 1. The summed E-state index contributed by atoms with van der Waals surface area (Å²) in [5, 5.41) is 12.9. The highest BCUT2D eigenvalue weighted by Crippen LogP contribution is 2.47. The number of hydrogen-bond acceptors (Lipinski definition) is 13. The summed E-state index contributed by atoms with van der Waals surface area (Å²) in [4.78, 5) is 37.0. The second-order valence-corrected chi connectivity index (χ2v) is 15.2. The standard InChI is InChI=1S/C24H39N6O7PS2/c1-23(2,3)21(32)39-9-7-35-38(34,36-8-10-40-22(33)24(4,5)6)29-15-11-17(37-16(15)12-31)30-14-28-18-19(25)26-13-27-20(18)30/h13-17,31H,7-12H2,1-6H3,(H,29,34)(H2,25,26,27). The molecule has 0 amide bonds. The van der Waals surface area contributed by atoms with Crippen molar-refractivity contribution in [3.63, 3.8) is 0 Å². The van der Waals surface area contributed by atoms with Gasteiger partial charge in [-0.15, -0.1) is 0 Å². The number of rotatable bonds is 12. The Morgan fingerprint density at radius 2 is 1.68 bits per heavy atom. The third kappa shape index (κ3) is 8.71. The average Bonchev–Trinajstić information content (AvgIpc) is 3.47. The van der Waals surface area contributed by atoms with Gasteiger partial charge in [-0.05, 0) is 0 Å².